The summed E-state index contributed by atoms with van der Waals surface area (Å²) < 4.78 is 56.7. The van der Waals surface area contributed by atoms with Gasteiger partial charge in [-0.3, -0.25) is 4.79 Å². The Morgan fingerprint density at radius 2 is 1.62 bits per heavy atom. The fraction of sp³-hybridized carbons (Fsp3) is 0.269. The SMILES string of the molecule is COc1cccc(C(=O)N2CCc3cc(OC)c(OC)cc3C2c2cccc(C(F)(F)F)c2)c1. The maximum atomic E-state index is 13.6. The Labute approximate surface area is 195 Å². The average molecular weight is 471 g/mol. The lowest BCUT2D eigenvalue weighted by Crippen LogP contribution is -2.40. The highest BCUT2D eigenvalue weighted by Crippen LogP contribution is 2.42. The summed E-state index contributed by atoms with van der Waals surface area (Å²) in [5.41, 5.74) is 1.56. The van der Waals surface area contributed by atoms with Crippen molar-refractivity contribution in [3.63, 3.8) is 0 Å². The lowest BCUT2D eigenvalue weighted by Gasteiger charge is -2.38. The fourth-order valence-electron chi connectivity index (χ4n) is 4.33. The van der Waals surface area contributed by atoms with Crippen molar-refractivity contribution in [3.05, 3.63) is 88.5 Å². The normalized spacial score (nSPS) is 15.5. The van der Waals surface area contributed by atoms with E-state index in [4.69, 9.17) is 14.2 Å². The molecule has 1 amide bonds. The molecule has 1 aliphatic rings. The number of alkyl halides is 3. The van der Waals surface area contributed by atoms with Gasteiger partial charge < -0.3 is 19.1 Å². The summed E-state index contributed by atoms with van der Waals surface area (Å²) in [6.45, 7) is 0.319. The first-order valence-electron chi connectivity index (χ1n) is 10.6. The molecule has 0 saturated carbocycles. The molecule has 3 aromatic carbocycles. The third kappa shape index (κ3) is 4.40. The van der Waals surface area contributed by atoms with Gasteiger partial charge in [-0.25, -0.2) is 0 Å². The summed E-state index contributed by atoms with van der Waals surface area (Å²) in [6.07, 6.45) is -3.99. The molecule has 0 aliphatic carbocycles. The largest absolute Gasteiger partial charge is 0.497 e. The molecule has 0 aromatic heterocycles. The predicted octanol–water partition coefficient (Wildman–Crippen LogP) is 5.52. The van der Waals surface area contributed by atoms with Gasteiger partial charge in [-0.1, -0.05) is 18.2 Å². The van der Waals surface area contributed by atoms with Gasteiger partial charge in [0.15, 0.2) is 11.5 Å². The lowest BCUT2D eigenvalue weighted by molar-refractivity contribution is -0.137. The van der Waals surface area contributed by atoms with Crippen molar-refractivity contribution in [2.24, 2.45) is 0 Å². The lowest BCUT2D eigenvalue weighted by atomic mass is 9.86. The number of nitrogens with zero attached hydrogens (tertiary/aromatic N) is 1. The quantitative estimate of drug-likeness (QED) is 0.492. The van der Waals surface area contributed by atoms with Crippen LogP contribution in [0.25, 0.3) is 0 Å². The molecule has 5 nitrogen and oxygen atoms in total. The van der Waals surface area contributed by atoms with Crippen LogP contribution in [0, 0.1) is 0 Å². The number of ether oxygens (including phenoxy) is 3. The molecule has 0 fully saturated rings. The molecule has 8 heteroatoms. The Morgan fingerprint density at radius 1 is 0.912 bits per heavy atom. The first kappa shape index (κ1) is 23.5. The van der Waals surface area contributed by atoms with Crippen molar-refractivity contribution in [2.75, 3.05) is 27.9 Å². The summed E-state index contributed by atoms with van der Waals surface area (Å²) in [7, 11) is 4.52. The zero-order valence-corrected chi connectivity index (χ0v) is 19.0. The molecular formula is C26H24F3NO4. The van der Waals surface area contributed by atoms with Crippen LogP contribution in [0.2, 0.25) is 0 Å². The number of hydrogen-bond acceptors (Lipinski definition) is 4. The number of hydrogen-bond donors (Lipinski definition) is 0. The van der Waals surface area contributed by atoms with Crippen LogP contribution in [-0.4, -0.2) is 38.7 Å². The average Bonchev–Trinajstić information content (AvgIpc) is 2.86. The van der Waals surface area contributed by atoms with E-state index >= 15 is 0 Å². The van der Waals surface area contributed by atoms with E-state index in [-0.39, 0.29) is 5.91 Å². The van der Waals surface area contributed by atoms with Gasteiger partial charge >= 0.3 is 6.18 Å². The van der Waals surface area contributed by atoms with Gasteiger partial charge in [0.2, 0.25) is 0 Å². The first-order valence-corrected chi connectivity index (χ1v) is 10.6. The van der Waals surface area contributed by atoms with Crippen molar-refractivity contribution >= 4 is 5.91 Å². The summed E-state index contributed by atoms with van der Waals surface area (Å²) in [6, 6.07) is 14.6. The highest BCUT2D eigenvalue weighted by Gasteiger charge is 2.36. The molecule has 178 valence electrons. The second kappa shape index (κ2) is 9.29. The number of carbonyl (C=O) groups is 1. The van der Waals surface area contributed by atoms with Crippen molar-refractivity contribution in [2.45, 2.75) is 18.6 Å². The summed E-state index contributed by atoms with van der Waals surface area (Å²) >= 11 is 0. The first-order chi connectivity index (χ1) is 16.3. The van der Waals surface area contributed by atoms with Crippen molar-refractivity contribution in [1.29, 1.82) is 0 Å². The van der Waals surface area contributed by atoms with Crippen LogP contribution < -0.4 is 14.2 Å². The van der Waals surface area contributed by atoms with Gasteiger partial charge in [-0.2, -0.15) is 13.2 Å². The summed E-state index contributed by atoms with van der Waals surface area (Å²) in [4.78, 5) is 15.2. The molecule has 0 saturated heterocycles. The zero-order chi connectivity index (χ0) is 24.5. The maximum absolute atomic E-state index is 13.6. The molecule has 1 unspecified atom stereocenters. The highest BCUT2D eigenvalue weighted by molar-refractivity contribution is 5.95. The minimum atomic E-state index is -4.51. The van der Waals surface area contributed by atoms with Crippen LogP contribution >= 0.6 is 0 Å². The van der Waals surface area contributed by atoms with E-state index in [1.165, 1.54) is 27.4 Å². The molecule has 0 N–H and O–H groups in total. The topological polar surface area (TPSA) is 48.0 Å². The molecule has 0 spiro atoms. The molecule has 34 heavy (non-hydrogen) atoms. The monoisotopic (exact) mass is 471 g/mol. The van der Waals surface area contributed by atoms with Gasteiger partial charge in [-0.15, -0.1) is 0 Å². The maximum Gasteiger partial charge on any atom is 0.416 e. The Kier molecular flexibility index (Phi) is 6.41. The molecule has 0 bridgehead atoms. The van der Waals surface area contributed by atoms with Crippen LogP contribution in [0.1, 0.15) is 38.7 Å². The van der Waals surface area contributed by atoms with Gasteiger partial charge in [0.25, 0.3) is 5.91 Å². The number of amides is 1. The van der Waals surface area contributed by atoms with E-state index < -0.39 is 17.8 Å². The molecule has 0 radical (unpaired) electrons. The van der Waals surface area contributed by atoms with Crippen molar-refractivity contribution in [1.82, 2.24) is 4.90 Å². The van der Waals surface area contributed by atoms with Crippen LogP contribution in [0.3, 0.4) is 0 Å². The minimum Gasteiger partial charge on any atom is -0.497 e. The van der Waals surface area contributed by atoms with Crippen molar-refractivity contribution < 1.29 is 32.2 Å². The standard InChI is InChI=1S/C26H24F3NO4/c1-32-20-9-5-7-18(13-20)25(31)30-11-10-16-14-22(33-2)23(34-3)15-21(16)24(30)17-6-4-8-19(12-17)26(27,28)29/h4-9,12-15,24H,10-11H2,1-3H3. The number of carbonyl (C=O) groups excluding carboxylic acids is 1. The van der Waals surface area contributed by atoms with Gasteiger partial charge in [0.1, 0.15) is 5.75 Å². The summed E-state index contributed by atoms with van der Waals surface area (Å²) in [5.74, 6) is 1.18. The summed E-state index contributed by atoms with van der Waals surface area (Å²) in [5, 5.41) is 0. The Balaban J connectivity index is 1.88. The zero-order valence-electron chi connectivity index (χ0n) is 19.0. The molecule has 1 heterocycles. The van der Waals surface area contributed by atoms with Crippen LogP contribution in [0.15, 0.2) is 60.7 Å². The van der Waals surface area contributed by atoms with E-state index in [1.807, 2.05) is 6.07 Å². The third-order valence-corrected chi connectivity index (χ3v) is 5.98. The van der Waals surface area contributed by atoms with Crippen molar-refractivity contribution in [3.8, 4) is 17.2 Å². The van der Waals surface area contributed by atoms with Crippen LogP contribution in [0.5, 0.6) is 17.2 Å². The second-order valence-corrected chi connectivity index (χ2v) is 7.91. The molecule has 1 aliphatic heterocycles. The van der Waals surface area contributed by atoms with Gasteiger partial charge in [0.05, 0.1) is 32.9 Å². The van der Waals surface area contributed by atoms with Gasteiger partial charge in [-0.05, 0) is 65.6 Å². The van der Waals surface area contributed by atoms with Gasteiger partial charge in [0, 0.05) is 12.1 Å². The Morgan fingerprint density at radius 3 is 2.29 bits per heavy atom. The number of fused-ring (bicyclic) bond motifs is 1. The van der Waals surface area contributed by atoms with E-state index in [9.17, 15) is 18.0 Å². The number of halogens is 3. The fourth-order valence-corrected chi connectivity index (χ4v) is 4.33. The molecule has 3 aromatic rings. The van der Waals surface area contributed by atoms with E-state index in [0.29, 0.717) is 46.9 Å². The van der Waals surface area contributed by atoms with E-state index in [2.05, 4.69) is 0 Å². The molecular weight excluding hydrogens is 447 g/mol. The van der Waals surface area contributed by atoms with Crippen LogP contribution in [-0.2, 0) is 12.6 Å². The number of rotatable bonds is 5. The van der Waals surface area contributed by atoms with Crippen LogP contribution in [0.4, 0.5) is 13.2 Å². The second-order valence-electron chi connectivity index (χ2n) is 7.91. The predicted molar refractivity (Wildman–Crippen MR) is 121 cm³/mol. The number of benzene rings is 3. The Bertz CT molecular complexity index is 1210. The highest BCUT2D eigenvalue weighted by atomic mass is 19.4. The third-order valence-electron chi connectivity index (χ3n) is 5.98. The Hall–Kier alpha value is -3.68. The smallest absolute Gasteiger partial charge is 0.416 e. The molecule has 1 atom stereocenters. The minimum absolute atomic E-state index is 0.304. The van der Waals surface area contributed by atoms with E-state index in [0.717, 1.165) is 17.7 Å². The number of methoxy groups -OCH3 is 3. The van der Waals surface area contributed by atoms with E-state index in [1.54, 1.807) is 41.3 Å². The molecule has 4 rings (SSSR count).